The number of ketones is 2. The van der Waals surface area contributed by atoms with Crippen molar-refractivity contribution in [2.75, 3.05) is 11.9 Å². The zero-order chi connectivity index (χ0) is 28.5. The molecule has 3 rings (SSSR count). The minimum absolute atomic E-state index is 0.0788. The Kier molecular flexibility index (Phi) is 9.96. The number of Topliss-reactive ketones (excluding diaryl/α,β-unsaturated/α-hetero) is 2. The molecule has 12 nitrogen and oxygen atoms in total. The van der Waals surface area contributed by atoms with Crippen molar-refractivity contribution >= 4 is 40.2 Å². The van der Waals surface area contributed by atoms with Crippen molar-refractivity contribution < 1.29 is 19.2 Å². The van der Waals surface area contributed by atoms with Crippen molar-refractivity contribution in [2.24, 2.45) is 5.92 Å². The number of nitrogens with zero attached hydrogens (tertiary/aromatic N) is 3. The molecule has 12 heteroatoms. The van der Waals surface area contributed by atoms with Crippen LogP contribution in [0.1, 0.15) is 61.9 Å². The van der Waals surface area contributed by atoms with E-state index in [1.165, 1.54) is 6.92 Å². The van der Waals surface area contributed by atoms with Gasteiger partial charge in [0.05, 0.1) is 24.5 Å². The second kappa shape index (κ2) is 13.4. The molecule has 0 aliphatic heterocycles. The Bertz CT molecular complexity index is 1420. The summed E-state index contributed by atoms with van der Waals surface area (Å²) in [7, 11) is 0. The van der Waals surface area contributed by atoms with E-state index in [1.54, 1.807) is 51.2 Å². The lowest BCUT2D eigenvalue weighted by atomic mass is 10.0. The minimum Gasteiger partial charge on any atom is -0.379 e. The highest BCUT2D eigenvalue weighted by atomic mass is 16.2. The predicted octanol–water partition coefficient (Wildman–Crippen LogP) is 1.83. The van der Waals surface area contributed by atoms with Gasteiger partial charge in [0.2, 0.25) is 5.91 Å². The molecule has 0 saturated carbocycles. The Morgan fingerprint density at radius 1 is 1.05 bits per heavy atom. The normalized spacial score (nSPS) is 12.4. The molecule has 3 aromatic rings. The molecule has 0 spiro atoms. The molecule has 2 aromatic heterocycles. The number of aromatic amines is 1. The lowest BCUT2D eigenvalue weighted by Gasteiger charge is -2.15. The third kappa shape index (κ3) is 8.52. The van der Waals surface area contributed by atoms with E-state index in [0.29, 0.717) is 36.6 Å². The van der Waals surface area contributed by atoms with Gasteiger partial charge >= 0.3 is 0 Å². The van der Waals surface area contributed by atoms with Crippen LogP contribution in [0.5, 0.6) is 0 Å². The second-order valence-corrected chi connectivity index (χ2v) is 9.46. The van der Waals surface area contributed by atoms with Gasteiger partial charge in [-0.25, -0.2) is 15.0 Å². The fraction of sp³-hybridized carbons (Fsp3) is 0.407. The number of rotatable bonds is 13. The van der Waals surface area contributed by atoms with Gasteiger partial charge in [-0.1, -0.05) is 6.92 Å². The maximum absolute atomic E-state index is 12.4. The molecule has 0 unspecified atom stereocenters. The molecule has 206 valence electrons. The van der Waals surface area contributed by atoms with Crippen LogP contribution in [-0.2, 0) is 20.9 Å². The van der Waals surface area contributed by atoms with Crippen LogP contribution < -0.4 is 21.5 Å². The summed E-state index contributed by atoms with van der Waals surface area (Å²) >= 11 is 0. The van der Waals surface area contributed by atoms with E-state index in [4.69, 9.17) is 0 Å². The molecule has 0 saturated heterocycles. The first kappa shape index (κ1) is 29.1. The van der Waals surface area contributed by atoms with Crippen molar-refractivity contribution in [1.82, 2.24) is 30.6 Å². The van der Waals surface area contributed by atoms with Gasteiger partial charge in [0, 0.05) is 36.6 Å². The van der Waals surface area contributed by atoms with Gasteiger partial charge in [-0.05, 0) is 51.5 Å². The van der Waals surface area contributed by atoms with Crippen molar-refractivity contribution in [3.8, 4) is 0 Å². The first-order valence-electron chi connectivity index (χ1n) is 12.7. The number of anilines is 1. The van der Waals surface area contributed by atoms with Gasteiger partial charge in [0.1, 0.15) is 11.6 Å². The van der Waals surface area contributed by atoms with Crippen molar-refractivity contribution in [2.45, 2.75) is 59.5 Å². The largest absolute Gasteiger partial charge is 0.379 e. The summed E-state index contributed by atoms with van der Waals surface area (Å²) in [5.74, 6) is -0.874. The van der Waals surface area contributed by atoms with Crippen LogP contribution in [0.4, 0.5) is 5.69 Å². The first-order chi connectivity index (χ1) is 18.5. The molecule has 4 N–H and O–H groups in total. The number of carbonyl (C=O) groups is 4. The van der Waals surface area contributed by atoms with Crippen LogP contribution in [0, 0.1) is 12.8 Å². The van der Waals surface area contributed by atoms with Crippen molar-refractivity contribution in [1.29, 1.82) is 0 Å². The summed E-state index contributed by atoms with van der Waals surface area (Å²) in [4.78, 5) is 75.3. The number of fused-ring (bicyclic) bond motifs is 1. The summed E-state index contributed by atoms with van der Waals surface area (Å²) in [6, 6.07) is 6.28. The molecule has 0 aliphatic carbocycles. The van der Waals surface area contributed by atoms with E-state index in [1.807, 2.05) is 0 Å². The van der Waals surface area contributed by atoms with E-state index < -0.39 is 12.0 Å². The monoisotopic (exact) mass is 535 g/mol. The molecule has 1 aromatic carbocycles. The average molecular weight is 536 g/mol. The molecular formula is C27H33N7O5. The molecule has 0 fully saturated rings. The summed E-state index contributed by atoms with van der Waals surface area (Å²) in [5, 5.41) is 8.56. The topological polar surface area (TPSA) is 176 Å². The number of carbonyl (C=O) groups excluding carboxylic acids is 4. The summed E-state index contributed by atoms with van der Waals surface area (Å²) < 4.78 is 0. The van der Waals surface area contributed by atoms with Crippen LogP contribution in [0.15, 0.2) is 35.3 Å². The van der Waals surface area contributed by atoms with E-state index in [0.717, 1.165) is 5.69 Å². The molecule has 0 aliphatic rings. The highest BCUT2D eigenvalue weighted by Gasteiger charge is 2.20. The Balaban J connectivity index is 1.40. The number of hydrogen-bond donors (Lipinski definition) is 4. The number of benzene rings is 1. The molecule has 2 atom stereocenters. The van der Waals surface area contributed by atoms with E-state index in [-0.39, 0.29) is 52.9 Å². The Morgan fingerprint density at radius 2 is 1.77 bits per heavy atom. The molecule has 0 bridgehead atoms. The molecule has 39 heavy (non-hydrogen) atoms. The fourth-order valence-corrected chi connectivity index (χ4v) is 3.66. The van der Waals surface area contributed by atoms with Gasteiger partial charge in [-0.2, -0.15) is 0 Å². The Hall–Kier alpha value is -4.48. The second-order valence-electron chi connectivity index (χ2n) is 9.46. The predicted molar refractivity (Wildman–Crippen MR) is 145 cm³/mol. The number of nitrogens with one attached hydrogen (secondary N) is 4. The van der Waals surface area contributed by atoms with Gasteiger partial charge in [-0.3, -0.25) is 24.0 Å². The molecule has 2 amide bonds. The summed E-state index contributed by atoms with van der Waals surface area (Å²) in [6.07, 6.45) is 2.32. The molecule has 0 radical (unpaired) electrons. The minimum atomic E-state index is -0.580. The molecular weight excluding hydrogens is 502 g/mol. The van der Waals surface area contributed by atoms with Crippen LogP contribution in [0.2, 0.25) is 0 Å². The number of amides is 2. The van der Waals surface area contributed by atoms with E-state index in [9.17, 15) is 24.0 Å². The third-order valence-corrected chi connectivity index (χ3v) is 6.07. The van der Waals surface area contributed by atoms with Crippen LogP contribution in [-0.4, -0.2) is 55.9 Å². The maximum atomic E-state index is 12.4. The lowest BCUT2D eigenvalue weighted by molar-refractivity contribution is -0.131. The van der Waals surface area contributed by atoms with Crippen LogP contribution >= 0.6 is 0 Å². The summed E-state index contributed by atoms with van der Waals surface area (Å²) in [6.45, 7) is 6.97. The molecule has 2 heterocycles. The van der Waals surface area contributed by atoms with E-state index in [2.05, 4.69) is 35.9 Å². The number of hydrogen-bond acceptors (Lipinski definition) is 9. The third-order valence-electron chi connectivity index (χ3n) is 6.07. The van der Waals surface area contributed by atoms with Gasteiger partial charge in [-0.15, -0.1) is 0 Å². The highest BCUT2D eigenvalue weighted by molar-refractivity contribution is 5.94. The van der Waals surface area contributed by atoms with Crippen LogP contribution in [0.3, 0.4) is 0 Å². The maximum Gasteiger partial charge on any atom is 0.279 e. The first-order valence-corrected chi connectivity index (χ1v) is 12.7. The number of aromatic nitrogens is 4. The number of aryl methyl sites for hydroxylation is 1. The van der Waals surface area contributed by atoms with Crippen LogP contribution in [0.25, 0.3) is 11.2 Å². The Labute approximate surface area is 225 Å². The van der Waals surface area contributed by atoms with Gasteiger partial charge < -0.3 is 20.9 Å². The highest BCUT2D eigenvalue weighted by Crippen LogP contribution is 2.12. The fourth-order valence-electron chi connectivity index (χ4n) is 3.66. The quantitative estimate of drug-likeness (QED) is 0.238. The standard InChI is InChI=1S/C27H33N7O5/c1-15(25(37)31-16(2)17(3)35)12-22(36)6-5-11-28-26(38)19-7-9-20(10-8-19)29-13-21-14-30-24-23(34-21)27(39)33-18(4)32-24/h7-10,14-16,29H,5-6,11-13H2,1-4H3,(H,28,38)(H,31,37)(H,30,32,33,39)/t15-,16+/m1/s1. The average Bonchev–Trinajstić information content (AvgIpc) is 2.90. The Morgan fingerprint density at radius 3 is 2.46 bits per heavy atom. The van der Waals surface area contributed by atoms with E-state index >= 15 is 0 Å². The van der Waals surface area contributed by atoms with Gasteiger partial charge in [0.25, 0.3) is 11.5 Å². The number of H-pyrrole nitrogens is 1. The summed E-state index contributed by atoms with van der Waals surface area (Å²) in [5.41, 5.74) is 1.91. The smallest absolute Gasteiger partial charge is 0.279 e. The van der Waals surface area contributed by atoms with Gasteiger partial charge in [0.15, 0.2) is 16.9 Å². The zero-order valence-electron chi connectivity index (χ0n) is 22.5. The SMILES string of the molecule is CC(=O)[C@H](C)NC(=O)[C@H](C)CC(=O)CCCNC(=O)c1ccc(NCc2cnc3nc(C)[nH]c(=O)c3n2)cc1. The zero-order valence-corrected chi connectivity index (χ0v) is 22.5. The van der Waals surface area contributed by atoms with Crippen molar-refractivity contribution in [3.05, 3.63) is 57.9 Å². The van der Waals surface area contributed by atoms with Crippen molar-refractivity contribution in [3.63, 3.8) is 0 Å². The lowest BCUT2D eigenvalue weighted by Crippen LogP contribution is -2.40.